The van der Waals surface area contributed by atoms with E-state index in [1.807, 2.05) is 0 Å². The number of nitrogens with one attached hydrogen (secondary N) is 2. The van der Waals surface area contributed by atoms with Gasteiger partial charge in [-0.25, -0.2) is 8.78 Å². The first-order chi connectivity index (χ1) is 7.07. The molecular weight excluding hydrogens is 242 g/mol. The first-order valence-electron chi connectivity index (χ1n) is 5.06. The van der Waals surface area contributed by atoms with Crippen LogP contribution in [0.2, 0.25) is 0 Å². The summed E-state index contributed by atoms with van der Waals surface area (Å²) in [6.07, 6.45) is 0.348. The van der Waals surface area contributed by atoms with Gasteiger partial charge in [0, 0.05) is 13.0 Å². The number of ether oxygens (including phenoxy) is 1. The van der Waals surface area contributed by atoms with E-state index in [-0.39, 0.29) is 24.4 Å². The fourth-order valence-electron chi connectivity index (χ4n) is 1.85. The number of alkyl halides is 2. The zero-order valence-corrected chi connectivity index (χ0v) is 9.49. The second kappa shape index (κ2) is 5.25. The van der Waals surface area contributed by atoms with Gasteiger partial charge < -0.3 is 10.1 Å². The molecular formula is C9H15ClF2N2O2. The topological polar surface area (TPSA) is 50.4 Å². The zero-order valence-electron chi connectivity index (χ0n) is 8.67. The van der Waals surface area contributed by atoms with Crippen LogP contribution in [0.3, 0.4) is 0 Å². The van der Waals surface area contributed by atoms with E-state index in [4.69, 9.17) is 4.74 Å². The zero-order chi connectivity index (χ0) is 10.9. The van der Waals surface area contributed by atoms with Gasteiger partial charge in [-0.15, -0.1) is 12.4 Å². The number of hydrogen-bond acceptors (Lipinski definition) is 3. The van der Waals surface area contributed by atoms with Crippen LogP contribution in [-0.4, -0.2) is 43.7 Å². The highest BCUT2D eigenvalue weighted by atomic mass is 35.5. The van der Waals surface area contributed by atoms with Gasteiger partial charge in [-0.2, -0.15) is 0 Å². The fourth-order valence-corrected chi connectivity index (χ4v) is 1.85. The highest BCUT2D eigenvalue weighted by molar-refractivity contribution is 5.85. The Hall–Kier alpha value is -0.460. The molecule has 0 aromatic carbocycles. The van der Waals surface area contributed by atoms with E-state index in [1.54, 1.807) is 0 Å². The molecule has 7 heteroatoms. The first kappa shape index (κ1) is 13.6. The molecule has 2 fully saturated rings. The number of amides is 1. The summed E-state index contributed by atoms with van der Waals surface area (Å²) in [4.78, 5) is 11.5. The van der Waals surface area contributed by atoms with Crippen molar-refractivity contribution in [2.45, 2.75) is 30.8 Å². The summed E-state index contributed by atoms with van der Waals surface area (Å²) in [6, 6.07) is -0.783. The maximum Gasteiger partial charge on any atom is 0.262 e. The van der Waals surface area contributed by atoms with E-state index in [0.717, 1.165) is 6.42 Å². The van der Waals surface area contributed by atoms with Crippen molar-refractivity contribution in [2.24, 2.45) is 0 Å². The van der Waals surface area contributed by atoms with Gasteiger partial charge >= 0.3 is 0 Å². The second-order valence-corrected chi connectivity index (χ2v) is 4.06. The van der Waals surface area contributed by atoms with E-state index in [2.05, 4.69) is 10.6 Å². The molecule has 2 heterocycles. The third-order valence-electron chi connectivity index (χ3n) is 2.70. The lowest BCUT2D eigenvalue weighted by molar-refractivity contribution is -0.124. The van der Waals surface area contributed by atoms with E-state index in [0.29, 0.717) is 13.2 Å². The Balaban J connectivity index is 0.00000128. The highest BCUT2D eigenvalue weighted by Crippen LogP contribution is 2.25. The smallest absolute Gasteiger partial charge is 0.262 e. The molecule has 2 unspecified atom stereocenters. The molecule has 2 aliphatic rings. The van der Waals surface area contributed by atoms with Crippen LogP contribution in [0.15, 0.2) is 0 Å². The number of carbonyl (C=O) groups excluding carboxylic acids is 1. The van der Waals surface area contributed by atoms with Gasteiger partial charge in [0.05, 0.1) is 25.2 Å². The number of rotatable bonds is 2. The number of halogens is 3. The van der Waals surface area contributed by atoms with Crippen LogP contribution in [0.25, 0.3) is 0 Å². The standard InChI is InChI=1S/C9H14F2N2O2.ClH/c10-9(11)3-7(12-5-9)8(14)13-6-1-2-15-4-6;/h6-7,12H,1-5H2,(H,13,14);1H. The molecule has 4 nitrogen and oxygen atoms in total. The summed E-state index contributed by atoms with van der Waals surface area (Å²) in [6.45, 7) is 0.695. The van der Waals surface area contributed by atoms with E-state index in [1.165, 1.54) is 0 Å². The molecule has 0 aromatic heterocycles. The molecule has 2 N–H and O–H groups in total. The van der Waals surface area contributed by atoms with Crippen molar-refractivity contribution in [3.63, 3.8) is 0 Å². The summed E-state index contributed by atoms with van der Waals surface area (Å²) in [5.74, 6) is -3.10. The number of carbonyl (C=O) groups is 1. The largest absolute Gasteiger partial charge is 0.379 e. The van der Waals surface area contributed by atoms with Crippen molar-refractivity contribution in [2.75, 3.05) is 19.8 Å². The molecule has 0 aliphatic carbocycles. The second-order valence-electron chi connectivity index (χ2n) is 4.06. The first-order valence-corrected chi connectivity index (χ1v) is 5.06. The minimum Gasteiger partial charge on any atom is -0.379 e. The van der Waals surface area contributed by atoms with Gasteiger partial charge in [-0.3, -0.25) is 10.1 Å². The molecule has 16 heavy (non-hydrogen) atoms. The molecule has 1 amide bonds. The van der Waals surface area contributed by atoms with Crippen molar-refractivity contribution in [1.29, 1.82) is 0 Å². The Kier molecular flexibility index (Phi) is 4.46. The van der Waals surface area contributed by atoms with Crippen LogP contribution in [0.5, 0.6) is 0 Å². The van der Waals surface area contributed by atoms with Crippen LogP contribution in [0, 0.1) is 0 Å². The molecule has 0 spiro atoms. The third kappa shape index (κ3) is 3.26. The lowest BCUT2D eigenvalue weighted by atomic mass is 10.1. The van der Waals surface area contributed by atoms with Crippen molar-refractivity contribution < 1.29 is 18.3 Å². The monoisotopic (exact) mass is 256 g/mol. The third-order valence-corrected chi connectivity index (χ3v) is 2.70. The van der Waals surface area contributed by atoms with Crippen molar-refractivity contribution in [3.05, 3.63) is 0 Å². The SMILES string of the molecule is Cl.O=C(NC1CCOC1)C1CC(F)(F)CN1. The Bertz CT molecular complexity index is 260. The van der Waals surface area contributed by atoms with Gasteiger partial charge in [0.2, 0.25) is 5.91 Å². The summed E-state index contributed by atoms with van der Waals surface area (Å²) >= 11 is 0. The fraction of sp³-hybridized carbons (Fsp3) is 0.889. The summed E-state index contributed by atoms with van der Waals surface area (Å²) < 4.78 is 30.7. The summed E-state index contributed by atoms with van der Waals surface area (Å²) in [5, 5.41) is 5.22. The Morgan fingerprint density at radius 1 is 1.50 bits per heavy atom. The van der Waals surface area contributed by atoms with Crippen LogP contribution in [0.1, 0.15) is 12.8 Å². The van der Waals surface area contributed by atoms with Crippen LogP contribution in [0.4, 0.5) is 8.78 Å². The minimum atomic E-state index is -2.76. The minimum absolute atomic E-state index is 0. The van der Waals surface area contributed by atoms with Crippen molar-refractivity contribution in [1.82, 2.24) is 10.6 Å². The Morgan fingerprint density at radius 2 is 2.25 bits per heavy atom. The lowest BCUT2D eigenvalue weighted by Crippen LogP contribution is -2.45. The van der Waals surface area contributed by atoms with Gasteiger partial charge in [-0.05, 0) is 6.42 Å². The molecule has 2 rings (SSSR count). The Labute approximate surface area is 98.5 Å². The summed E-state index contributed by atoms with van der Waals surface area (Å²) in [7, 11) is 0. The van der Waals surface area contributed by atoms with Gasteiger partial charge in [0.25, 0.3) is 5.92 Å². The molecule has 0 aromatic rings. The normalized spacial score (nSPS) is 32.1. The lowest BCUT2D eigenvalue weighted by Gasteiger charge is -2.14. The molecule has 0 bridgehead atoms. The van der Waals surface area contributed by atoms with Gasteiger partial charge in [0.1, 0.15) is 0 Å². The van der Waals surface area contributed by atoms with Crippen molar-refractivity contribution in [3.8, 4) is 0 Å². The van der Waals surface area contributed by atoms with Crippen molar-refractivity contribution >= 4 is 18.3 Å². The maximum absolute atomic E-state index is 12.8. The van der Waals surface area contributed by atoms with Crippen LogP contribution in [-0.2, 0) is 9.53 Å². The molecule has 94 valence electrons. The quantitative estimate of drug-likeness (QED) is 0.748. The molecule has 2 aliphatic heterocycles. The Morgan fingerprint density at radius 3 is 2.75 bits per heavy atom. The molecule has 2 atom stereocenters. The molecule has 0 radical (unpaired) electrons. The predicted molar refractivity (Wildman–Crippen MR) is 56.0 cm³/mol. The summed E-state index contributed by atoms with van der Waals surface area (Å²) in [5.41, 5.74) is 0. The van der Waals surface area contributed by atoms with E-state index < -0.39 is 24.9 Å². The maximum atomic E-state index is 12.8. The van der Waals surface area contributed by atoms with Gasteiger partial charge in [-0.1, -0.05) is 0 Å². The average Bonchev–Trinajstić information content (AvgIpc) is 2.74. The van der Waals surface area contributed by atoms with Crippen LogP contribution >= 0.6 is 12.4 Å². The van der Waals surface area contributed by atoms with Gasteiger partial charge in [0.15, 0.2) is 0 Å². The van der Waals surface area contributed by atoms with E-state index >= 15 is 0 Å². The highest BCUT2D eigenvalue weighted by Gasteiger charge is 2.42. The number of hydrogen-bond donors (Lipinski definition) is 2. The predicted octanol–water partition coefficient (Wildman–Crippen LogP) is 0.310. The molecule has 0 saturated carbocycles. The van der Waals surface area contributed by atoms with Crippen LogP contribution < -0.4 is 10.6 Å². The average molecular weight is 257 g/mol. The molecule has 2 saturated heterocycles. The van der Waals surface area contributed by atoms with E-state index in [9.17, 15) is 13.6 Å².